The molecule has 0 aromatic carbocycles. The van der Waals surface area contributed by atoms with Crippen LogP contribution in [-0.2, 0) is 14.4 Å². The summed E-state index contributed by atoms with van der Waals surface area (Å²) in [7, 11) is -2.34. The fourth-order valence-corrected chi connectivity index (χ4v) is 3.32. The number of aliphatic hydroxyl groups excluding tert-OH is 1. The van der Waals surface area contributed by atoms with Crippen LogP contribution < -0.4 is 0 Å². The molecule has 0 saturated heterocycles. The van der Waals surface area contributed by atoms with Gasteiger partial charge in [-0.3, -0.25) is 0 Å². The van der Waals surface area contributed by atoms with Gasteiger partial charge in [-0.05, 0) is 25.7 Å². The molecule has 1 aliphatic heterocycles. The molecule has 4 nitrogen and oxygen atoms in total. The lowest BCUT2D eigenvalue weighted by atomic mass is 10.1. The molecule has 1 saturated carbocycles. The van der Waals surface area contributed by atoms with Crippen LogP contribution in [0.25, 0.3) is 0 Å². The van der Waals surface area contributed by atoms with E-state index in [0.29, 0.717) is 23.9 Å². The van der Waals surface area contributed by atoms with Crippen LogP contribution in [0.1, 0.15) is 32.6 Å². The van der Waals surface area contributed by atoms with Crippen molar-refractivity contribution >= 4 is 21.3 Å². The van der Waals surface area contributed by atoms with Crippen LogP contribution in [0.3, 0.4) is 0 Å². The zero-order chi connectivity index (χ0) is 13.2. The quantitative estimate of drug-likeness (QED) is 0.789. The lowest BCUT2D eigenvalue weighted by molar-refractivity contribution is 0.172. The monoisotopic (exact) mass is 271 g/mol. The van der Waals surface area contributed by atoms with Crippen LogP contribution in [0.15, 0.2) is 15.7 Å². The second-order valence-electron chi connectivity index (χ2n) is 5.17. The molecule has 0 radical (unpaired) electrons. The molecule has 102 valence electrons. The Bertz CT molecular complexity index is 478. The predicted molar refractivity (Wildman–Crippen MR) is 75.2 cm³/mol. The van der Waals surface area contributed by atoms with Crippen molar-refractivity contribution in [3.8, 4) is 0 Å². The highest BCUT2D eigenvalue weighted by molar-refractivity contribution is 7.99. The Labute approximate surface area is 109 Å². The molecule has 0 aromatic heterocycles. The van der Waals surface area contributed by atoms with Crippen molar-refractivity contribution in [3.63, 3.8) is 0 Å². The smallest absolute Gasteiger partial charge is 0.136 e. The van der Waals surface area contributed by atoms with Crippen molar-refractivity contribution in [2.24, 2.45) is 10.3 Å². The van der Waals surface area contributed by atoms with Crippen molar-refractivity contribution in [3.05, 3.63) is 11.3 Å². The molecule has 2 aliphatic rings. The van der Waals surface area contributed by atoms with Gasteiger partial charge in [-0.25, -0.2) is 8.61 Å². The van der Waals surface area contributed by atoms with E-state index in [9.17, 15) is 9.32 Å². The van der Waals surface area contributed by atoms with E-state index >= 15 is 0 Å². The van der Waals surface area contributed by atoms with Crippen LogP contribution >= 0.6 is 0 Å². The minimum atomic E-state index is -2.34. The number of rotatable bonds is 4. The van der Waals surface area contributed by atoms with E-state index < -0.39 is 15.8 Å². The number of hydrogen-bond donors (Lipinski definition) is 1. The van der Waals surface area contributed by atoms with Crippen molar-refractivity contribution in [2.45, 2.75) is 38.7 Å². The van der Waals surface area contributed by atoms with Gasteiger partial charge in [0, 0.05) is 18.0 Å². The fourth-order valence-electron chi connectivity index (χ4n) is 2.34. The highest BCUT2D eigenvalue weighted by Crippen LogP contribution is 2.26. The maximum Gasteiger partial charge on any atom is 0.136 e. The lowest BCUT2D eigenvalue weighted by Crippen LogP contribution is -2.19. The average molecular weight is 271 g/mol. The molecular formula is C13H21NO3S. The zero-order valence-electron chi connectivity index (χ0n) is 11.0. The third-order valence-corrected chi connectivity index (χ3v) is 4.59. The second-order valence-corrected chi connectivity index (χ2v) is 7.34. The summed E-state index contributed by atoms with van der Waals surface area (Å²) < 4.78 is 21.6. The number of allylic oxidation sites excluding steroid dienone is 1. The van der Waals surface area contributed by atoms with E-state index in [1.165, 1.54) is 31.9 Å². The van der Waals surface area contributed by atoms with Gasteiger partial charge in [-0.1, -0.05) is 12.8 Å². The van der Waals surface area contributed by atoms with Crippen LogP contribution in [0.2, 0.25) is 0 Å². The zero-order valence-corrected chi connectivity index (χ0v) is 11.8. The first-order chi connectivity index (χ1) is 8.48. The van der Waals surface area contributed by atoms with E-state index in [-0.39, 0.29) is 0 Å². The van der Waals surface area contributed by atoms with E-state index in [1.54, 1.807) is 18.5 Å². The van der Waals surface area contributed by atoms with E-state index in [2.05, 4.69) is 4.40 Å². The van der Waals surface area contributed by atoms with Crippen molar-refractivity contribution in [1.29, 1.82) is 0 Å². The average Bonchev–Trinajstić information content (AvgIpc) is 2.77. The van der Waals surface area contributed by atoms with Gasteiger partial charge in [0.05, 0.1) is 27.8 Å². The van der Waals surface area contributed by atoms with E-state index in [4.69, 9.17) is 4.74 Å². The Hall–Kier alpha value is -0.810. The number of aliphatic hydroxyl groups is 1. The summed E-state index contributed by atoms with van der Waals surface area (Å²) in [4.78, 5) is 0. The van der Waals surface area contributed by atoms with Gasteiger partial charge in [-0.15, -0.1) is 0 Å². The molecule has 0 spiro atoms. The molecule has 0 amide bonds. The summed E-state index contributed by atoms with van der Waals surface area (Å²) in [5.74, 6) is 1.13. The standard InChI is InChI=1S/C13H21NO3S/c1-10(15)12-7-14-18(2,16)9-13(12)17-8-11-5-3-4-6-11/h7,9-11,15H,3-6,8H2,1-2H3. The third kappa shape index (κ3) is 3.36. The molecule has 2 unspecified atom stereocenters. The van der Waals surface area contributed by atoms with E-state index in [1.807, 2.05) is 0 Å². The van der Waals surface area contributed by atoms with Crippen LogP contribution in [0.5, 0.6) is 0 Å². The van der Waals surface area contributed by atoms with Gasteiger partial charge < -0.3 is 9.84 Å². The maximum absolute atomic E-state index is 11.9. The lowest BCUT2D eigenvalue weighted by Gasteiger charge is -2.18. The molecule has 5 heteroatoms. The SMILES string of the molecule is CC(O)C1=C(OCC2CCCC2)C=S(C)(=O)N=C1. The molecule has 1 heterocycles. The molecule has 1 N–H and O–H groups in total. The summed E-state index contributed by atoms with van der Waals surface area (Å²) in [6.07, 6.45) is 7.34. The van der Waals surface area contributed by atoms with Crippen LogP contribution in [0, 0.1) is 5.92 Å². The Morgan fingerprint density at radius 1 is 1.56 bits per heavy atom. The van der Waals surface area contributed by atoms with Gasteiger partial charge in [0.2, 0.25) is 0 Å². The molecule has 0 aromatic rings. The van der Waals surface area contributed by atoms with Gasteiger partial charge in [0.1, 0.15) is 5.76 Å². The van der Waals surface area contributed by atoms with Gasteiger partial charge >= 0.3 is 0 Å². The Balaban J connectivity index is 2.13. The number of ether oxygens (including phenoxy) is 1. The summed E-state index contributed by atoms with van der Waals surface area (Å²) in [5, 5.41) is 11.2. The molecule has 1 aliphatic carbocycles. The number of nitrogens with zero attached hydrogens (tertiary/aromatic N) is 1. The fraction of sp³-hybridized carbons (Fsp3) is 0.692. The minimum Gasteiger partial charge on any atom is -0.492 e. The largest absolute Gasteiger partial charge is 0.492 e. The van der Waals surface area contributed by atoms with Gasteiger partial charge in [-0.2, -0.15) is 0 Å². The summed E-state index contributed by atoms with van der Waals surface area (Å²) in [5.41, 5.74) is 0.619. The highest BCUT2D eigenvalue weighted by Gasteiger charge is 2.20. The molecular weight excluding hydrogens is 250 g/mol. The number of hydrogen-bond acceptors (Lipinski definition) is 3. The highest BCUT2D eigenvalue weighted by atomic mass is 32.2. The van der Waals surface area contributed by atoms with Crippen LogP contribution in [-0.4, -0.2) is 39.9 Å². The summed E-state index contributed by atoms with van der Waals surface area (Å²) >= 11 is 0. The maximum atomic E-state index is 11.9. The van der Waals surface area contributed by atoms with E-state index in [0.717, 1.165) is 0 Å². The van der Waals surface area contributed by atoms with Gasteiger partial charge in [0.25, 0.3) is 0 Å². The third-order valence-electron chi connectivity index (χ3n) is 3.41. The minimum absolute atomic E-state index is 0.541. The van der Waals surface area contributed by atoms with Crippen molar-refractivity contribution < 1.29 is 14.1 Å². The first-order valence-electron chi connectivity index (χ1n) is 6.42. The first kappa shape index (κ1) is 13.6. The van der Waals surface area contributed by atoms with Gasteiger partial charge in [0.15, 0.2) is 0 Å². The summed E-state index contributed by atoms with van der Waals surface area (Å²) in [6.45, 7) is 2.31. The molecule has 2 rings (SSSR count). The summed E-state index contributed by atoms with van der Waals surface area (Å²) in [6, 6.07) is 0. The first-order valence-corrected chi connectivity index (χ1v) is 8.41. The van der Waals surface area contributed by atoms with Crippen molar-refractivity contribution in [1.82, 2.24) is 0 Å². The Kier molecular flexibility index (Phi) is 4.12. The molecule has 1 fully saturated rings. The Morgan fingerprint density at radius 3 is 2.83 bits per heavy atom. The normalized spacial score (nSPS) is 30.4. The molecule has 0 bridgehead atoms. The van der Waals surface area contributed by atoms with Crippen molar-refractivity contribution in [2.75, 3.05) is 12.9 Å². The molecule has 2 atom stereocenters. The Morgan fingerprint density at radius 2 is 2.22 bits per heavy atom. The molecule has 18 heavy (non-hydrogen) atoms. The van der Waals surface area contributed by atoms with Crippen LogP contribution in [0.4, 0.5) is 0 Å². The predicted octanol–water partition coefficient (Wildman–Crippen LogP) is 1.54. The second kappa shape index (κ2) is 5.45. The topological polar surface area (TPSA) is 58.9 Å².